The fraction of sp³-hybridized carbons (Fsp3) is 0.538. The van der Waals surface area contributed by atoms with Gasteiger partial charge < -0.3 is 20.4 Å². The van der Waals surface area contributed by atoms with Gasteiger partial charge in [0.1, 0.15) is 23.6 Å². The molecule has 17 nitrogen and oxygen atoms in total. The summed E-state index contributed by atoms with van der Waals surface area (Å²) in [5.41, 5.74) is -1.81. The van der Waals surface area contributed by atoms with Crippen molar-refractivity contribution >= 4 is 11.4 Å². The number of rotatable bonds is 9. The Kier molecular flexibility index (Phi) is 7.02. The number of hydrazine groups is 1. The summed E-state index contributed by atoms with van der Waals surface area (Å²) in [5, 5.41) is 63.6. The molecule has 1 aromatic carbocycles. The summed E-state index contributed by atoms with van der Waals surface area (Å²) < 4.78 is 0. The maximum atomic E-state index is 12.0. The molecular formula is C13H18N8O9. The van der Waals surface area contributed by atoms with Crippen molar-refractivity contribution in [1.29, 1.82) is 0 Å². The first kappa shape index (κ1) is 22.3. The van der Waals surface area contributed by atoms with Crippen LogP contribution in [0.4, 0.5) is 11.4 Å². The lowest BCUT2D eigenvalue weighted by molar-refractivity contribution is -0.756. The molecule has 1 N–H and O–H groups in total. The molecule has 0 aromatic heterocycles. The number of aliphatic hydroxyl groups is 1. The van der Waals surface area contributed by atoms with E-state index in [1.807, 2.05) is 0 Å². The molecule has 1 aromatic rings. The van der Waals surface area contributed by atoms with E-state index in [4.69, 9.17) is 9.68 Å². The fourth-order valence-electron chi connectivity index (χ4n) is 2.44. The lowest BCUT2D eigenvalue weighted by Crippen LogP contribution is -2.29. The van der Waals surface area contributed by atoms with Crippen LogP contribution in [0.25, 0.3) is 0 Å². The summed E-state index contributed by atoms with van der Waals surface area (Å²) in [4.78, 5) is 29.9. The van der Waals surface area contributed by atoms with Gasteiger partial charge in [-0.15, -0.1) is 0 Å². The van der Waals surface area contributed by atoms with E-state index in [1.165, 1.54) is 19.1 Å². The van der Waals surface area contributed by atoms with Crippen LogP contribution in [0, 0.1) is 30.6 Å². The van der Waals surface area contributed by atoms with Crippen LogP contribution in [-0.4, -0.2) is 68.3 Å². The second-order valence-corrected chi connectivity index (χ2v) is 6.14. The molecule has 1 fully saturated rings. The van der Waals surface area contributed by atoms with Gasteiger partial charge in [-0.3, -0.25) is 25.1 Å². The Balaban J connectivity index is 2.41. The third kappa shape index (κ3) is 5.28. The molecule has 1 heterocycles. The third-order valence-corrected chi connectivity index (χ3v) is 3.91. The summed E-state index contributed by atoms with van der Waals surface area (Å²) >= 11 is 0. The van der Waals surface area contributed by atoms with Crippen molar-refractivity contribution in [1.82, 2.24) is 10.0 Å². The highest BCUT2D eigenvalue weighted by Crippen LogP contribution is 2.39. The molecule has 0 spiro atoms. The van der Waals surface area contributed by atoms with Gasteiger partial charge in [0.15, 0.2) is 0 Å². The number of aliphatic hydroxyl groups excluding tert-OH is 1. The number of nitrogens with zero attached hydrogens (tertiary/aromatic N) is 8. The van der Waals surface area contributed by atoms with Gasteiger partial charge >= 0.3 is 5.69 Å². The Morgan fingerprint density at radius 3 is 2.37 bits per heavy atom. The van der Waals surface area contributed by atoms with Crippen LogP contribution in [0.2, 0.25) is 0 Å². The standard InChI is InChI=1S/C13H18N8O9/c1-16(2)20(27)15-29-12-7-13(11(19(25)26)6-10(12)18(23)24)30-21(28)14-17-5-3-4-9(17)8-22/h6-7,9,22H,3-5,8H2,1-2H3/b20-15-,21-14+. The first-order valence-corrected chi connectivity index (χ1v) is 8.37. The minimum atomic E-state index is -1.01. The smallest absolute Gasteiger partial charge is 0.321 e. The van der Waals surface area contributed by atoms with Crippen molar-refractivity contribution in [3.8, 4) is 11.5 Å². The zero-order chi connectivity index (χ0) is 22.4. The van der Waals surface area contributed by atoms with Gasteiger partial charge in [0.05, 0.1) is 46.6 Å². The van der Waals surface area contributed by atoms with Gasteiger partial charge in [-0.05, 0) is 12.8 Å². The molecule has 2 rings (SSSR count). The number of hydrogen-bond donors (Lipinski definition) is 1. The molecule has 17 heteroatoms. The average Bonchev–Trinajstić information content (AvgIpc) is 3.12. The van der Waals surface area contributed by atoms with Gasteiger partial charge in [0, 0.05) is 6.07 Å². The number of nitro groups is 2. The van der Waals surface area contributed by atoms with Crippen LogP contribution in [0.3, 0.4) is 0 Å². The molecule has 0 radical (unpaired) electrons. The van der Waals surface area contributed by atoms with Crippen molar-refractivity contribution in [2.24, 2.45) is 10.5 Å². The second kappa shape index (κ2) is 9.45. The lowest BCUT2D eigenvalue weighted by atomic mass is 10.2. The Morgan fingerprint density at radius 1 is 1.17 bits per heavy atom. The number of nitro benzene ring substituents is 2. The molecule has 1 atom stereocenters. The van der Waals surface area contributed by atoms with E-state index in [0.29, 0.717) is 31.5 Å². The van der Waals surface area contributed by atoms with Crippen molar-refractivity contribution in [3.63, 3.8) is 0 Å². The van der Waals surface area contributed by atoms with E-state index in [-0.39, 0.29) is 16.6 Å². The number of benzene rings is 1. The highest BCUT2D eigenvalue weighted by Gasteiger charge is 2.31. The van der Waals surface area contributed by atoms with E-state index >= 15 is 0 Å². The molecule has 1 aliphatic heterocycles. The average molecular weight is 430 g/mol. The minimum Gasteiger partial charge on any atom is -0.569 e. The monoisotopic (exact) mass is 430 g/mol. The van der Waals surface area contributed by atoms with Crippen molar-refractivity contribution in [2.75, 3.05) is 27.2 Å². The molecule has 1 aliphatic rings. The summed E-state index contributed by atoms with van der Waals surface area (Å²) in [7, 11) is 2.63. The fourth-order valence-corrected chi connectivity index (χ4v) is 2.44. The highest BCUT2D eigenvalue weighted by molar-refractivity contribution is 5.61. The van der Waals surface area contributed by atoms with Gasteiger partial charge in [-0.1, -0.05) is 0 Å². The van der Waals surface area contributed by atoms with Gasteiger partial charge in [-0.25, -0.2) is 0 Å². The summed E-state index contributed by atoms with van der Waals surface area (Å²) in [6, 6.07) is 0.742. The predicted molar refractivity (Wildman–Crippen MR) is 93.6 cm³/mol. The molecule has 0 saturated carbocycles. The summed E-state index contributed by atoms with van der Waals surface area (Å²) in [6.45, 7) is 0.0961. The van der Waals surface area contributed by atoms with Crippen LogP contribution in [0.1, 0.15) is 12.8 Å². The molecule has 30 heavy (non-hydrogen) atoms. The minimum absolute atomic E-state index is 0.0523. The van der Waals surface area contributed by atoms with Gasteiger partial charge in [-0.2, -0.15) is 10.0 Å². The van der Waals surface area contributed by atoms with Crippen molar-refractivity contribution in [3.05, 3.63) is 42.8 Å². The van der Waals surface area contributed by atoms with Crippen molar-refractivity contribution in [2.45, 2.75) is 18.9 Å². The largest absolute Gasteiger partial charge is 0.569 e. The zero-order valence-corrected chi connectivity index (χ0v) is 15.9. The van der Waals surface area contributed by atoms with E-state index in [2.05, 4.69) is 10.5 Å². The maximum absolute atomic E-state index is 12.0. The van der Waals surface area contributed by atoms with Crippen molar-refractivity contribution < 1.29 is 34.6 Å². The Bertz CT molecular complexity index is 874. The summed E-state index contributed by atoms with van der Waals surface area (Å²) in [5.74, 6) is -1.43. The van der Waals surface area contributed by atoms with Crippen LogP contribution in [-0.2, 0) is 0 Å². The Morgan fingerprint density at radius 2 is 1.80 bits per heavy atom. The maximum Gasteiger partial charge on any atom is 0.321 e. The molecule has 0 amide bonds. The molecular weight excluding hydrogens is 412 g/mol. The topological polar surface area (TPSA) is 208 Å². The normalized spacial score (nSPS) is 17.0. The SMILES string of the molecule is CN(C)/[N+]([O-])=N/Oc1cc(O/[N+]([O-])=N/N2CCCC2CO)c([N+](=O)[O-])cc1[N+](=O)[O-]. The lowest BCUT2D eigenvalue weighted by Gasteiger charge is -2.14. The highest BCUT2D eigenvalue weighted by atomic mass is 16.9. The quantitative estimate of drug-likeness (QED) is 0.251. The Hall–Kier alpha value is -4.02. The predicted octanol–water partition coefficient (Wildman–Crippen LogP) is 0.864. The summed E-state index contributed by atoms with van der Waals surface area (Å²) in [6.07, 6.45) is 1.25. The van der Waals surface area contributed by atoms with Crippen LogP contribution in [0.15, 0.2) is 22.6 Å². The number of hydrogen-bond acceptors (Lipinski definition) is 11. The molecule has 0 aliphatic carbocycles. The van der Waals surface area contributed by atoms with Crippen LogP contribution in [0.5, 0.6) is 11.5 Å². The van der Waals surface area contributed by atoms with E-state index in [9.17, 15) is 35.7 Å². The Labute approximate surface area is 167 Å². The van der Waals surface area contributed by atoms with Crippen LogP contribution < -0.4 is 9.68 Å². The molecule has 1 unspecified atom stereocenters. The first-order valence-electron chi connectivity index (χ1n) is 8.37. The van der Waals surface area contributed by atoms with E-state index < -0.39 is 38.8 Å². The molecule has 0 bridgehead atoms. The third-order valence-electron chi connectivity index (χ3n) is 3.91. The first-order chi connectivity index (χ1) is 14.1. The van der Waals surface area contributed by atoms with Gasteiger partial charge in [0.25, 0.3) is 5.69 Å². The second-order valence-electron chi connectivity index (χ2n) is 6.14. The van der Waals surface area contributed by atoms with Gasteiger partial charge in [0.2, 0.25) is 11.0 Å². The van der Waals surface area contributed by atoms with E-state index in [0.717, 1.165) is 5.01 Å². The van der Waals surface area contributed by atoms with E-state index in [1.54, 1.807) is 0 Å². The molecule has 1 saturated heterocycles. The molecule has 164 valence electrons. The van der Waals surface area contributed by atoms with Crippen LogP contribution >= 0.6 is 0 Å². The zero-order valence-electron chi connectivity index (χ0n) is 15.9.